The predicted octanol–water partition coefficient (Wildman–Crippen LogP) is -12.5. The van der Waals surface area contributed by atoms with E-state index < -0.39 is 245 Å². The van der Waals surface area contributed by atoms with Crippen molar-refractivity contribution in [2.75, 3.05) is 39.6 Å². The third kappa shape index (κ3) is 12.9. The van der Waals surface area contributed by atoms with E-state index in [2.05, 4.69) is 5.32 Å². The van der Waals surface area contributed by atoms with E-state index in [0.717, 1.165) is 31.2 Å². The molecule has 0 bridgehead atoms. The largest absolute Gasteiger partial charge is 0.394 e. The zero-order valence-electron chi connectivity index (χ0n) is 41.5. The van der Waals surface area contributed by atoms with Gasteiger partial charge in [0, 0.05) is 24.6 Å². The van der Waals surface area contributed by atoms with Crippen molar-refractivity contribution in [2.45, 2.75) is 191 Å². The molecule has 0 spiro atoms. The van der Waals surface area contributed by atoms with Gasteiger partial charge in [-0.1, -0.05) is 0 Å². The number of carbonyl (C=O) groups excluding carboxylic acids is 1. The van der Waals surface area contributed by atoms with Gasteiger partial charge in [0.2, 0.25) is 11.7 Å². The summed E-state index contributed by atoms with van der Waals surface area (Å²) in [6.07, 6.45) is -61.0. The number of ether oxygens (including phenoxy) is 11. The number of hydrogen-bond donors (Lipinski definition) is 20. The van der Waals surface area contributed by atoms with Crippen molar-refractivity contribution < 1.29 is 159 Å². The van der Waals surface area contributed by atoms with Gasteiger partial charge in [0.1, 0.15) is 146 Å². The summed E-state index contributed by atoms with van der Waals surface area (Å²) in [5.41, 5.74) is -1.21. The van der Waals surface area contributed by atoms with Crippen molar-refractivity contribution in [1.29, 1.82) is 0 Å². The average Bonchev–Trinajstić information content (AvgIpc) is 3.58. The highest BCUT2D eigenvalue weighted by Crippen LogP contribution is 2.48. The fourth-order valence-corrected chi connectivity index (χ4v) is 9.91. The first-order valence-electron chi connectivity index (χ1n) is 24.7. The van der Waals surface area contributed by atoms with E-state index in [9.17, 15) is 112 Å². The minimum atomic E-state index is -3.27. The molecule has 6 aliphatic heterocycles. The topological polar surface area (TPSA) is 558 Å². The standard InChI is InChI=1S/C44H68N2O33/c1-12(52)45-21-27(58)22(53)15(6-47)70-39(21)69-11-20-36(75-40-32(63)28(59)23(54)16(7-48)71-40)37(76-41-33(64)29(60)24(55)17(8-49)72-41)38(77-42-34(65)30(61)25(56)18(9-50)73-42)44(78-20,13-2-4-14(5-3-13)46(67)68)79-43-35(66)31(62)26(57)19(10-51)74-43/h2-5,15-43,47-51,53-66H,6-11H2,1H3,(H,45,52)/t15-,16-,17-,18-,19-,20-,21-,22-,23-,24-,25-,26-,27-,28+,29+,30+,31+,32-,33-,34-,35-,36-,37+,38-,39-,40-,41-,42-,43-,44-/m1/s1. The molecule has 7 rings (SSSR count). The van der Waals surface area contributed by atoms with Gasteiger partial charge in [0.25, 0.3) is 5.69 Å². The lowest BCUT2D eigenvalue weighted by atomic mass is 9.86. The third-order valence-corrected chi connectivity index (χ3v) is 14.4. The van der Waals surface area contributed by atoms with Gasteiger partial charge in [-0.3, -0.25) is 14.9 Å². The molecule has 6 aliphatic rings. The molecule has 0 radical (unpaired) electrons. The van der Waals surface area contributed by atoms with Crippen molar-refractivity contribution >= 4 is 11.6 Å². The average molecular weight is 1150 g/mol. The van der Waals surface area contributed by atoms with Gasteiger partial charge in [0.05, 0.1) is 44.6 Å². The number of rotatable bonds is 19. The lowest BCUT2D eigenvalue weighted by Crippen LogP contribution is -2.73. The molecule has 0 aliphatic carbocycles. The van der Waals surface area contributed by atoms with E-state index in [-0.39, 0.29) is 0 Å². The normalized spacial score (nSPS) is 47.8. The summed E-state index contributed by atoms with van der Waals surface area (Å²) in [6, 6.07) is 1.71. The van der Waals surface area contributed by atoms with E-state index in [1.807, 2.05) is 0 Å². The summed E-state index contributed by atoms with van der Waals surface area (Å²) in [4.78, 5) is 23.8. The maximum atomic E-state index is 12.5. The highest BCUT2D eigenvalue weighted by atomic mass is 16.8. The molecule has 0 aromatic heterocycles. The number of nitrogens with zero attached hydrogens (tertiary/aromatic N) is 1. The zero-order valence-corrected chi connectivity index (χ0v) is 41.5. The number of non-ortho nitro benzene ring substituents is 1. The Balaban J connectivity index is 1.51. The van der Waals surface area contributed by atoms with Crippen LogP contribution in [0.25, 0.3) is 0 Å². The number of carbonyl (C=O) groups is 1. The van der Waals surface area contributed by atoms with E-state index in [0.29, 0.717) is 0 Å². The highest BCUT2D eigenvalue weighted by Gasteiger charge is 2.65. The lowest BCUT2D eigenvalue weighted by Gasteiger charge is -2.56. The molecule has 452 valence electrons. The number of aliphatic hydroxyl groups is 19. The second-order valence-electron chi connectivity index (χ2n) is 19.6. The van der Waals surface area contributed by atoms with Crippen molar-refractivity contribution in [1.82, 2.24) is 5.32 Å². The Hall–Kier alpha value is -3.11. The number of hydrogen-bond acceptors (Lipinski definition) is 33. The van der Waals surface area contributed by atoms with Crippen molar-refractivity contribution in [2.24, 2.45) is 0 Å². The SMILES string of the molecule is CC(=O)N[C@H]1[C@H](OC[C@H]2O[C@@](O[C@H]3O[C@H](CO)[C@@H](O)[C@H](O)[C@H]3O)(c3ccc([N+](=O)[O-])cc3)[C@H](O[C@H]3O[C@H](CO)[C@@H](O)[C@H](O)[C@H]3O)[C@@H](O[C@H]3O[C@H](CO)[C@@H](O)[C@H](O)[C@H]3O)[C@@H]2O[C@H]2O[C@H](CO)[C@@H](O)[C@H](O)[C@H]2O)O[C@H](CO)[C@@H](O)[C@@H]1O. The Bertz CT molecular complexity index is 2120. The number of benzene rings is 1. The summed E-state index contributed by atoms with van der Waals surface area (Å²) in [7, 11) is 0. The summed E-state index contributed by atoms with van der Waals surface area (Å²) < 4.78 is 67.2. The molecule has 30 atom stereocenters. The van der Waals surface area contributed by atoms with Gasteiger partial charge in [0.15, 0.2) is 31.5 Å². The van der Waals surface area contributed by atoms with E-state index in [1.165, 1.54) is 0 Å². The second kappa shape index (κ2) is 26.6. The molecule has 35 nitrogen and oxygen atoms in total. The van der Waals surface area contributed by atoms with E-state index >= 15 is 0 Å². The molecule has 1 aromatic rings. The Kier molecular flexibility index (Phi) is 21.4. The highest BCUT2D eigenvalue weighted by molar-refractivity contribution is 5.73. The molecule has 6 fully saturated rings. The minimum absolute atomic E-state index is 0.563. The maximum absolute atomic E-state index is 12.5. The lowest BCUT2D eigenvalue weighted by molar-refractivity contribution is -0.468. The maximum Gasteiger partial charge on any atom is 0.269 e. The minimum Gasteiger partial charge on any atom is -0.394 e. The molecule has 6 heterocycles. The van der Waals surface area contributed by atoms with Crippen LogP contribution in [0.5, 0.6) is 0 Å². The van der Waals surface area contributed by atoms with Crippen LogP contribution >= 0.6 is 0 Å². The summed E-state index contributed by atoms with van der Waals surface area (Å²) in [5, 5.41) is 221. The first-order chi connectivity index (χ1) is 37.4. The van der Waals surface area contributed by atoms with Gasteiger partial charge in [-0.05, 0) is 12.1 Å². The number of nitrogens with one attached hydrogen (secondary N) is 1. The molecular weight excluding hydrogens is 1080 g/mol. The van der Waals surface area contributed by atoms with Crippen LogP contribution in [0.15, 0.2) is 24.3 Å². The molecule has 1 amide bonds. The zero-order chi connectivity index (χ0) is 58.1. The number of amides is 1. The van der Waals surface area contributed by atoms with Crippen LogP contribution in [0, 0.1) is 10.1 Å². The molecule has 0 saturated carbocycles. The van der Waals surface area contributed by atoms with Crippen LogP contribution in [-0.2, 0) is 62.7 Å². The molecule has 0 unspecified atom stereocenters. The van der Waals surface area contributed by atoms with Crippen LogP contribution in [0.3, 0.4) is 0 Å². The monoisotopic (exact) mass is 1150 g/mol. The van der Waals surface area contributed by atoms with Gasteiger partial charge in [-0.15, -0.1) is 0 Å². The summed E-state index contributed by atoms with van der Waals surface area (Å²) >= 11 is 0. The molecule has 20 N–H and O–H groups in total. The van der Waals surface area contributed by atoms with E-state index in [1.54, 1.807) is 0 Å². The van der Waals surface area contributed by atoms with Gasteiger partial charge < -0.3 is 154 Å². The molecule has 35 heteroatoms. The molecule has 1 aromatic carbocycles. The van der Waals surface area contributed by atoms with Crippen LogP contribution in [0.2, 0.25) is 0 Å². The number of nitro groups is 1. The van der Waals surface area contributed by atoms with Gasteiger partial charge in [-0.25, -0.2) is 0 Å². The van der Waals surface area contributed by atoms with Crippen molar-refractivity contribution in [3.63, 3.8) is 0 Å². The molecule has 79 heavy (non-hydrogen) atoms. The second-order valence-corrected chi connectivity index (χ2v) is 19.6. The van der Waals surface area contributed by atoms with Crippen LogP contribution in [0.1, 0.15) is 12.5 Å². The number of nitro benzene ring substituents is 1. The Morgan fingerprint density at radius 3 is 1.28 bits per heavy atom. The van der Waals surface area contributed by atoms with Gasteiger partial charge >= 0.3 is 0 Å². The summed E-state index contributed by atoms with van der Waals surface area (Å²) in [5.74, 6) is -4.11. The van der Waals surface area contributed by atoms with Crippen LogP contribution in [-0.4, -0.2) is 325 Å². The smallest absolute Gasteiger partial charge is 0.269 e. The first-order valence-corrected chi connectivity index (χ1v) is 24.7. The summed E-state index contributed by atoms with van der Waals surface area (Å²) in [6.45, 7) is -5.58. The predicted molar refractivity (Wildman–Crippen MR) is 242 cm³/mol. The fraction of sp³-hybridized carbons (Fsp3) is 0.841. The number of aliphatic hydroxyl groups excluding tert-OH is 19. The van der Waals surface area contributed by atoms with Crippen LogP contribution in [0.4, 0.5) is 5.69 Å². The Morgan fingerprint density at radius 2 is 0.873 bits per heavy atom. The third-order valence-electron chi connectivity index (χ3n) is 14.4. The van der Waals surface area contributed by atoms with Crippen LogP contribution < -0.4 is 5.32 Å². The Morgan fingerprint density at radius 1 is 0.506 bits per heavy atom. The molecular formula is C44H68N2O33. The van der Waals surface area contributed by atoms with Crippen molar-refractivity contribution in [3.8, 4) is 0 Å². The molecule has 6 saturated heterocycles. The van der Waals surface area contributed by atoms with E-state index in [4.69, 9.17) is 52.1 Å². The van der Waals surface area contributed by atoms with Crippen molar-refractivity contribution in [3.05, 3.63) is 39.9 Å². The first kappa shape index (κ1) is 63.5. The Labute approximate surface area is 445 Å². The quantitative estimate of drug-likeness (QED) is 0.0452. The van der Waals surface area contributed by atoms with Gasteiger partial charge in [-0.2, -0.15) is 0 Å². The fourth-order valence-electron chi connectivity index (χ4n) is 9.91.